The van der Waals surface area contributed by atoms with Crippen LogP contribution in [0.15, 0.2) is 71.9 Å². The Balaban J connectivity index is 1.39. The van der Waals surface area contributed by atoms with Gasteiger partial charge in [-0.15, -0.1) is 10.2 Å². The number of benzene rings is 3. The monoisotopic (exact) mass is 503 g/mol. The molecule has 4 rings (SSSR count). The fraction of sp³-hybridized carbons (Fsp3) is 0.259. The van der Waals surface area contributed by atoms with Crippen LogP contribution in [0.1, 0.15) is 36.1 Å². The van der Waals surface area contributed by atoms with Crippen LogP contribution in [-0.4, -0.2) is 39.4 Å². The molecule has 0 aliphatic rings. The molecule has 3 aromatic carbocycles. The van der Waals surface area contributed by atoms with Crippen LogP contribution in [0, 0.1) is 5.92 Å². The van der Waals surface area contributed by atoms with E-state index in [1.165, 1.54) is 11.8 Å². The number of methoxy groups -OCH3 is 1. The molecule has 0 saturated carbocycles. The predicted molar refractivity (Wildman–Crippen MR) is 142 cm³/mol. The van der Waals surface area contributed by atoms with Crippen molar-refractivity contribution < 1.29 is 14.3 Å². The van der Waals surface area contributed by atoms with Gasteiger partial charge in [-0.2, -0.15) is 0 Å². The fourth-order valence-corrected chi connectivity index (χ4v) is 4.53. The Hall–Kier alpha value is -3.85. The van der Waals surface area contributed by atoms with Crippen LogP contribution in [0.4, 0.5) is 5.69 Å². The van der Waals surface area contributed by atoms with Crippen molar-refractivity contribution in [3.05, 3.63) is 78.1 Å². The Morgan fingerprint density at radius 1 is 1.00 bits per heavy atom. The van der Waals surface area contributed by atoms with Gasteiger partial charge in [-0.3, -0.25) is 9.59 Å². The highest BCUT2D eigenvalue weighted by Gasteiger charge is 2.25. The Kier molecular flexibility index (Phi) is 7.90. The maximum absolute atomic E-state index is 12.9. The smallest absolute Gasteiger partial charge is 0.251 e. The summed E-state index contributed by atoms with van der Waals surface area (Å²) in [6.07, 6.45) is 0. The number of fused-ring (bicyclic) bond motifs is 1. The van der Waals surface area contributed by atoms with Crippen LogP contribution in [0.2, 0.25) is 0 Å². The first-order valence-corrected chi connectivity index (χ1v) is 12.6. The van der Waals surface area contributed by atoms with E-state index >= 15 is 0 Å². The van der Waals surface area contributed by atoms with Gasteiger partial charge in [0.25, 0.3) is 5.91 Å². The zero-order chi connectivity index (χ0) is 25.7. The highest BCUT2D eigenvalue weighted by molar-refractivity contribution is 7.99. The highest BCUT2D eigenvalue weighted by atomic mass is 32.2. The first-order chi connectivity index (χ1) is 17.4. The molecule has 186 valence electrons. The number of carbonyl (C=O) groups excluding carboxylic acids is 2. The minimum Gasteiger partial charge on any atom is -0.497 e. The lowest BCUT2D eigenvalue weighted by Crippen LogP contribution is -2.33. The fourth-order valence-electron chi connectivity index (χ4n) is 3.81. The topological polar surface area (TPSA) is 98.1 Å². The van der Waals surface area contributed by atoms with Gasteiger partial charge in [-0.25, -0.2) is 0 Å². The molecular weight excluding hydrogens is 474 g/mol. The lowest BCUT2D eigenvalue weighted by atomic mass is 10.0. The molecule has 1 aromatic heterocycles. The lowest BCUT2D eigenvalue weighted by Gasteiger charge is -2.21. The molecule has 0 spiro atoms. The van der Waals surface area contributed by atoms with Crippen LogP contribution >= 0.6 is 11.8 Å². The summed E-state index contributed by atoms with van der Waals surface area (Å²) >= 11 is 1.30. The van der Waals surface area contributed by atoms with Crippen LogP contribution in [0.3, 0.4) is 0 Å². The second kappa shape index (κ2) is 11.3. The number of amides is 2. The number of rotatable bonds is 9. The lowest BCUT2D eigenvalue weighted by molar-refractivity contribution is -0.113. The van der Waals surface area contributed by atoms with Crippen LogP contribution in [0.5, 0.6) is 5.75 Å². The molecule has 36 heavy (non-hydrogen) atoms. The summed E-state index contributed by atoms with van der Waals surface area (Å²) in [7, 11) is 3.43. The molecule has 0 fully saturated rings. The van der Waals surface area contributed by atoms with Crippen molar-refractivity contribution in [1.82, 2.24) is 20.1 Å². The summed E-state index contributed by atoms with van der Waals surface area (Å²) in [5.41, 5.74) is 1.28. The van der Waals surface area contributed by atoms with Gasteiger partial charge in [0.2, 0.25) is 5.91 Å². The van der Waals surface area contributed by atoms with E-state index in [0.717, 1.165) is 16.5 Å². The van der Waals surface area contributed by atoms with E-state index in [9.17, 15) is 9.59 Å². The molecule has 9 heteroatoms. The molecule has 0 aliphatic carbocycles. The highest BCUT2D eigenvalue weighted by Crippen LogP contribution is 2.25. The summed E-state index contributed by atoms with van der Waals surface area (Å²) in [5, 5.41) is 17.4. The van der Waals surface area contributed by atoms with Crippen molar-refractivity contribution in [2.45, 2.75) is 25.0 Å². The third-order valence-corrected chi connectivity index (χ3v) is 6.84. The van der Waals surface area contributed by atoms with E-state index < -0.39 is 0 Å². The molecule has 0 aliphatic heterocycles. The van der Waals surface area contributed by atoms with Gasteiger partial charge >= 0.3 is 0 Å². The zero-order valence-corrected chi connectivity index (χ0v) is 21.5. The van der Waals surface area contributed by atoms with Crippen molar-refractivity contribution in [3.8, 4) is 5.75 Å². The van der Waals surface area contributed by atoms with Crippen molar-refractivity contribution in [3.63, 3.8) is 0 Å². The minimum absolute atomic E-state index is 0.0733. The Morgan fingerprint density at radius 2 is 1.72 bits per heavy atom. The quantitative estimate of drug-likeness (QED) is 0.317. The van der Waals surface area contributed by atoms with Crippen molar-refractivity contribution in [2.24, 2.45) is 13.0 Å². The summed E-state index contributed by atoms with van der Waals surface area (Å²) in [6, 6.07) is 20.4. The first kappa shape index (κ1) is 25.2. The van der Waals surface area contributed by atoms with Gasteiger partial charge < -0.3 is 19.9 Å². The molecule has 0 radical (unpaired) electrons. The number of carbonyl (C=O) groups is 2. The standard InChI is InChI=1S/C27H29N5O3S/c1-17(2)24(29-26(34)19-10-13-22(35-4)14-11-19)25-30-31-27(32(25)3)36-16-23(33)28-21-12-9-18-7-5-6-8-20(18)15-21/h5-15,17,24H,16H2,1-4H3,(H,28,33)(H,29,34). The summed E-state index contributed by atoms with van der Waals surface area (Å²) in [5.74, 6) is 1.24. The number of thioether (sulfide) groups is 1. The second-order valence-electron chi connectivity index (χ2n) is 8.72. The third kappa shape index (κ3) is 5.85. The molecule has 2 amide bonds. The maximum Gasteiger partial charge on any atom is 0.251 e. The summed E-state index contributed by atoms with van der Waals surface area (Å²) in [4.78, 5) is 25.4. The van der Waals surface area contributed by atoms with Gasteiger partial charge in [0.05, 0.1) is 18.9 Å². The molecule has 2 N–H and O–H groups in total. The molecule has 0 bridgehead atoms. The Morgan fingerprint density at radius 3 is 2.42 bits per heavy atom. The number of ether oxygens (including phenoxy) is 1. The van der Waals surface area contributed by atoms with Gasteiger partial charge in [0.1, 0.15) is 5.75 Å². The van der Waals surface area contributed by atoms with E-state index in [0.29, 0.717) is 22.3 Å². The molecule has 1 unspecified atom stereocenters. The summed E-state index contributed by atoms with van der Waals surface area (Å²) < 4.78 is 6.99. The van der Waals surface area contributed by atoms with Gasteiger partial charge in [-0.05, 0) is 53.1 Å². The zero-order valence-electron chi connectivity index (χ0n) is 20.7. The third-order valence-electron chi connectivity index (χ3n) is 5.82. The number of hydrogen-bond acceptors (Lipinski definition) is 6. The first-order valence-electron chi connectivity index (χ1n) is 11.6. The SMILES string of the molecule is COc1ccc(C(=O)NC(c2nnc(SCC(=O)Nc3ccc4ccccc4c3)n2C)C(C)C)cc1. The minimum atomic E-state index is -0.349. The number of hydrogen-bond donors (Lipinski definition) is 2. The molecule has 0 saturated heterocycles. The Labute approximate surface area is 214 Å². The van der Waals surface area contributed by atoms with Gasteiger partial charge in [0, 0.05) is 18.3 Å². The van der Waals surface area contributed by atoms with Crippen molar-refractivity contribution >= 4 is 40.0 Å². The van der Waals surface area contributed by atoms with E-state index in [4.69, 9.17) is 4.74 Å². The Bertz CT molecular complexity index is 1370. The van der Waals surface area contributed by atoms with Crippen molar-refractivity contribution in [2.75, 3.05) is 18.2 Å². The van der Waals surface area contributed by atoms with Crippen LogP contribution in [-0.2, 0) is 11.8 Å². The summed E-state index contributed by atoms with van der Waals surface area (Å²) in [6.45, 7) is 4.02. The second-order valence-corrected chi connectivity index (χ2v) is 9.66. The van der Waals surface area contributed by atoms with Crippen molar-refractivity contribution in [1.29, 1.82) is 0 Å². The molecule has 4 aromatic rings. The van der Waals surface area contributed by atoms with E-state index in [2.05, 4.69) is 20.8 Å². The number of nitrogens with zero attached hydrogens (tertiary/aromatic N) is 3. The molecule has 8 nitrogen and oxygen atoms in total. The number of aromatic nitrogens is 3. The van der Waals surface area contributed by atoms with Gasteiger partial charge in [0.15, 0.2) is 11.0 Å². The normalized spacial score (nSPS) is 11.9. The van der Waals surface area contributed by atoms with E-state index in [1.54, 1.807) is 31.4 Å². The van der Waals surface area contributed by atoms with Gasteiger partial charge in [-0.1, -0.05) is 55.9 Å². The molecule has 1 heterocycles. The van der Waals surface area contributed by atoms with Crippen LogP contribution < -0.4 is 15.4 Å². The number of nitrogens with one attached hydrogen (secondary N) is 2. The van der Waals surface area contributed by atoms with Crippen LogP contribution in [0.25, 0.3) is 10.8 Å². The largest absolute Gasteiger partial charge is 0.497 e. The van der Waals surface area contributed by atoms with E-state index in [1.807, 2.05) is 67.9 Å². The molecular formula is C27H29N5O3S. The average Bonchev–Trinajstić information content (AvgIpc) is 3.25. The predicted octanol–water partition coefficient (Wildman–Crippen LogP) is 4.83. The molecule has 1 atom stereocenters. The maximum atomic E-state index is 12.9. The average molecular weight is 504 g/mol. The van der Waals surface area contributed by atoms with E-state index in [-0.39, 0.29) is 29.5 Å². The number of anilines is 1.